The Morgan fingerprint density at radius 3 is 2.39 bits per heavy atom. The Balaban J connectivity index is 1.80. The van der Waals surface area contributed by atoms with E-state index in [-0.39, 0.29) is 21.2 Å². The highest BCUT2D eigenvalue weighted by Gasteiger charge is 2.18. The van der Waals surface area contributed by atoms with Gasteiger partial charge in [-0.15, -0.1) is 0 Å². The average Bonchev–Trinajstić information content (AvgIpc) is 2.74. The predicted molar refractivity (Wildman–Crippen MR) is 119 cm³/mol. The first-order chi connectivity index (χ1) is 14.8. The third kappa shape index (κ3) is 5.86. The van der Waals surface area contributed by atoms with Gasteiger partial charge in [-0.3, -0.25) is 4.79 Å². The van der Waals surface area contributed by atoms with Crippen LogP contribution in [0.3, 0.4) is 0 Å². The van der Waals surface area contributed by atoms with Crippen molar-refractivity contribution >= 4 is 51.0 Å². The molecule has 0 aromatic heterocycles. The molecule has 0 aliphatic heterocycles. The Labute approximate surface area is 189 Å². The number of hydrogen-bond donors (Lipinski definition) is 1. The second-order valence-corrected chi connectivity index (χ2v) is 8.56. The van der Waals surface area contributed by atoms with Crippen LogP contribution in [-0.4, -0.2) is 14.3 Å². The van der Waals surface area contributed by atoms with Crippen molar-refractivity contribution in [1.82, 2.24) is 0 Å². The maximum atomic E-state index is 12.4. The topological polar surface area (TPSA) is 96.3 Å². The van der Waals surface area contributed by atoms with Gasteiger partial charge in [0.1, 0.15) is 16.5 Å². The van der Waals surface area contributed by atoms with Gasteiger partial charge in [0, 0.05) is 10.7 Å². The predicted octanol–water partition coefficient (Wildman–Crippen LogP) is 5.31. The molecule has 1 amide bonds. The average molecular weight is 473 g/mol. The summed E-state index contributed by atoms with van der Waals surface area (Å²) in [5.74, 6) is -0.711. The highest BCUT2D eigenvalue weighted by Crippen LogP contribution is 2.29. The molecule has 0 heterocycles. The van der Waals surface area contributed by atoms with Crippen LogP contribution >= 0.6 is 23.2 Å². The minimum absolute atomic E-state index is 0.000736. The van der Waals surface area contributed by atoms with Gasteiger partial charge in [-0.25, -0.2) is 0 Å². The van der Waals surface area contributed by atoms with Crippen LogP contribution in [0.15, 0.2) is 83.3 Å². The number of anilines is 1. The van der Waals surface area contributed by atoms with Crippen LogP contribution in [0.1, 0.15) is 5.56 Å². The molecule has 0 radical (unpaired) electrons. The number of rotatable bonds is 6. The zero-order chi connectivity index (χ0) is 22.4. The van der Waals surface area contributed by atoms with Crippen molar-refractivity contribution in [2.75, 3.05) is 5.32 Å². The van der Waals surface area contributed by atoms with Gasteiger partial charge in [0.15, 0.2) is 5.75 Å². The third-order valence-corrected chi connectivity index (χ3v) is 5.72. The van der Waals surface area contributed by atoms with Crippen molar-refractivity contribution in [3.8, 4) is 11.8 Å². The SMILES string of the molecule is N#C/C(=C\c1ccc(OS(=O)(=O)c2ccccc2)c(Cl)c1)C(=O)Nc1cccc(Cl)c1. The molecule has 0 spiro atoms. The van der Waals surface area contributed by atoms with Crippen molar-refractivity contribution in [2.45, 2.75) is 4.90 Å². The molecular weight excluding hydrogens is 459 g/mol. The summed E-state index contributed by atoms with van der Waals surface area (Å²) < 4.78 is 29.8. The standard InChI is InChI=1S/C22H14Cl2N2O4S/c23-17-5-4-6-18(13-17)26-22(27)16(14-25)11-15-9-10-21(20(24)12-15)30-31(28,29)19-7-2-1-3-8-19/h1-13H,(H,26,27)/b16-11+. The van der Waals surface area contributed by atoms with Crippen LogP contribution in [0.4, 0.5) is 5.69 Å². The van der Waals surface area contributed by atoms with E-state index in [0.29, 0.717) is 16.3 Å². The van der Waals surface area contributed by atoms with Gasteiger partial charge in [-0.05, 0) is 54.1 Å². The molecule has 0 aliphatic rings. The molecule has 6 nitrogen and oxygen atoms in total. The molecule has 0 bridgehead atoms. The van der Waals surface area contributed by atoms with Crippen LogP contribution in [0.5, 0.6) is 5.75 Å². The smallest absolute Gasteiger partial charge is 0.339 e. The van der Waals surface area contributed by atoms with E-state index in [4.69, 9.17) is 27.4 Å². The lowest BCUT2D eigenvalue weighted by atomic mass is 10.1. The minimum Gasteiger partial charge on any atom is -0.377 e. The summed E-state index contributed by atoms with van der Waals surface area (Å²) in [6.45, 7) is 0. The second kappa shape index (κ2) is 9.67. The molecule has 1 N–H and O–H groups in total. The van der Waals surface area contributed by atoms with E-state index in [9.17, 15) is 18.5 Å². The summed E-state index contributed by atoms with van der Waals surface area (Å²) in [4.78, 5) is 12.4. The van der Waals surface area contributed by atoms with Gasteiger partial charge in [0.25, 0.3) is 5.91 Å². The highest BCUT2D eigenvalue weighted by molar-refractivity contribution is 7.87. The summed E-state index contributed by atoms with van der Waals surface area (Å²) in [5.41, 5.74) is 0.667. The number of carbonyl (C=O) groups excluding carboxylic acids is 1. The van der Waals surface area contributed by atoms with Crippen molar-refractivity contribution in [1.29, 1.82) is 5.26 Å². The lowest BCUT2D eigenvalue weighted by molar-refractivity contribution is -0.112. The lowest BCUT2D eigenvalue weighted by Gasteiger charge is -2.09. The van der Waals surface area contributed by atoms with Crippen LogP contribution in [0.25, 0.3) is 6.08 Å². The Bertz CT molecular complexity index is 1300. The fourth-order valence-corrected chi connectivity index (χ4v) is 3.94. The molecule has 0 atom stereocenters. The largest absolute Gasteiger partial charge is 0.377 e. The molecule has 0 saturated carbocycles. The molecule has 0 fully saturated rings. The van der Waals surface area contributed by atoms with E-state index >= 15 is 0 Å². The molecule has 3 rings (SSSR count). The van der Waals surface area contributed by atoms with E-state index < -0.39 is 16.0 Å². The fourth-order valence-electron chi connectivity index (χ4n) is 2.51. The first kappa shape index (κ1) is 22.4. The number of nitrogens with one attached hydrogen (secondary N) is 1. The molecule has 3 aromatic carbocycles. The van der Waals surface area contributed by atoms with Crippen LogP contribution in [0, 0.1) is 11.3 Å². The molecule has 156 valence electrons. The van der Waals surface area contributed by atoms with Gasteiger partial charge >= 0.3 is 10.1 Å². The number of benzene rings is 3. The normalized spacial score (nSPS) is 11.5. The van der Waals surface area contributed by atoms with Gasteiger partial charge in [0.05, 0.1) is 5.02 Å². The number of amides is 1. The van der Waals surface area contributed by atoms with Gasteiger partial charge in [-0.1, -0.05) is 53.5 Å². The van der Waals surface area contributed by atoms with Gasteiger partial charge < -0.3 is 9.50 Å². The van der Waals surface area contributed by atoms with Crippen molar-refractivity contribution in [2.24, 2.45) is 0 Å². The number of nitriles is 1. The summed E-state index contributed by atoms with van der Waals surface area (Å²) in [6, 6.07) is 20.2. The molecular formula is C22H14Cl2N2O4S. The summed E-state index contributed by atoms with van der Waals surface area (Å²) in [5, 5.41) is 12.4. The van der Waals surface area contributed by atoms with Crippen molar-refractivity contribution < 1.29 is 17.4 Å². The van der Waals surface area contributed by atoms with E-state index in [2.05, 4.69) is 5.32 Å². The zero-order valence-corrected chi connectivity index (χ0v) is 18.1. The molecule has 0 saturated heterocycles. The van der Waals surface area contributed by atoms with Gasteiger partial charge in [-0.2, -0.15) is 13.7 Å². The maximum Gasteiger partial charge on any atom is 0.339 e. The van der Waals surface area contributed by atoms with Gasteiger partial charge in [0.2, 0.25) is 0 Å². The van der Waals surface area contributed by atoms with E-state index in [0.717, 1.165) is 0 Å². The van der Waals surface area contributed by atoms with Crippen molar-refractivity contribution in [3.05, 3.63) is 94.0 Å². The van der Waals surface area contributed by atoms with E-state index in [1.807, 2.05) is 6.07 Å². The monoisotopic (exact) mass is 472 g/mol. The molecule has 9 heteroatoms. The van der Waals surface area contributed by atoms with Crippen LogP contribution in [0.2, 0.25) is 10.0 Å². The van der Waals surface area contributed by atoms with E-state index in [1.54, 1.807) is 42.5 Å². The first-order valence-electron chi connectivity index (χ1n) is 8.76. The first-order valence-corrected chi connectivity index (χ1v) is 10.9. The number of hydrogen-bond acceptors (Lipinski definition) is 5. The van der Waals surface area contributed by atoms with E-state index in [1.165, 1.54) is 36.4 Å². The quantitative estimate of drug-likeness (QED) is 0.298. The summed E-state index contributed by atoms with van der Waals surface area (Å²) >= 11 is 12.0. The molecule has 0 unspecified atom stereocenters. The van der Waals surface area contributed by atoms with Crippen LogP contribution in [-0.2, 0) is 14.9 Å². The number of carbonyl (C=O) groups is 1. The Morgan fingerprint density at radius 1 is 1.00 bits per heavy atom. The Morgan fingerprint density at radius 2 is 1.74 bits per heavy atom. The highest BCUT2D eigenvalue weighted by atomic mass is 35.5. The summed E-state index contributed by atoms with van der Waals surface area (Å²) in [6.07, 6.45) is 1.32. The Kier molecular flexibility index (Phi) is 6.98. The van der Waals surface area contributed by atoms with Crippen molar-refractivity contribution in [3.63, 3.8) is 0 Å². The fraction of sp³-hybridized carbons (Fsp3) is 0. The zero-order valence-electron chi connectivity index (χ0n) is 15.7. The molecule has 31 heavy (non-hydrogen) atoms. The number of halogens is 2. The number of nitrogens with zero attached hydrogens (tertiary/aromatic N) is 1. The third-order valence-electron chi connectivity index (χ3n) is 3.95. The molecule has 0 aliphatic carbocycles. The summed E-state index contributed by atoms with van der Waals surface area (Å²) in [7, 11) is -4.06. The minimum atomic E-state index is -4.06. The Hall–Kier alpha value is -3.31. The molecule has 3 aromatic rings. The van der Waals surface area contributed by atoms with Crippen LogP contribution < -0.4 is 9.50 Å². The maximum absolute atomic E-state index is 12.4. The second-order valence-electron chi connectivity index (χ2n) is 6.17. The lowest BCUT2D eigenvalue weighted by Crippen LogP contribution is -2.13.